The summed E-state index contributed by atoms with van der Waals surface area (Å²) < 4.78 is 0.897. The molecular formula is C17H34N5O3+. The summed E-state index contributed by atoms with van der Waals surface area (Å²) in [4.78, 5) is 36.6. The van der Waals surface area contributed by atoms with Crippen molar-refractivity contribution in [1.29, 1.82) is 0 Å². The summed E-state index contributed by atoms with van der Waals surface area (Å²) in [5.74, 6) is -0.694. The zero-order valence-electron chi connectivity index (χ0n) is 16.4. The molecule has 0 aliphatic heterocycles. The summed E-state index contributed by atoms with van der Waals surface area (Å²) in [5.41, 5.74) is 2.89. The SMILES string of the molecule is CCCCNC(=O)C(C)(C)N=[N+](C(N)=O)C(C)(C)C(=O)NCCCC. The predicted octanol–water partition coefficient (Wildman–Crippen LogP) is 1.92. The Morgan fingerprint density at radius 1 is 0.920 bits per heavy atom. The number of nitrogens with one attached hydrogen (secondary N) is 2. The molecule has 0 aromatic heterocycles. The first kappa shape index (κ1) is 23.0. The third-order valence-corrected chi connectivity index (χ3v) is 3.83. The van der Waals surface area contributed by atoms with E-state index in [0.29, 0.717) is 13.1 Å². The molecule has 0 unspecified atom stereocenters. The highest BCUT2D eigenvalue weighted by molar-refractivity contribution is 5.86. The van der Waals surface area contributed by atoms with Gasteiger partial charge in [0.2, 0.25) is 5.54 Å². The fourth-order valence-electron chi connectivity index (χ4n) is 2.03. The Morgan fingerprint density at radius 2 is 1.36 bits per heavy atom. The molecule has 25 heavy (non-hydrogen) atoms. The predicted molar refractivity (Wildman–Crippen MR) is 96.3 cm³/mol. The normalized spacial score (nSPS) is 12.6. The monoisotopic (exact) mass is 356 g/mol. The number of nitrogens with zero attached hydrogens (tertiary/aromatic N) is 2. The molecule has 8 nitrogen and oxygen atoms in total. The Balaban J connectivity index is 5.42. The molecule has 0 heterocycles. The van der Waals surface area contributed by atoms with Gasteiger partial charge in [0.05, 0.1) is 0 Å². The van der Waals surface area contributed by atoms with Gasteiger partial charge in [-0.25, -0.2) is 5.73 Å². The van der Waals surface area contributed by atoms with Gasteiger partial charge in [0.1, 0.15) is 0 Å². The van der Waals surface area contributed by atoms with Gasteiger partial charge >= 0.3 is 6.03 Å². The quantitative estimate of drug-likeness (QED) is 0.315. The molecule has 0 aliphatic carbocycles. The molecule has 0 fully saturated rings. The van der Waals surface area contributed by atoms with Gasteiger partial charge in [0.15, 0.2) is 5.54 Å². The standard InChI is InChI=1S/C17H33N5O3/c1-7-9-11-19-13(23)16(3,4)21-22(15(18)25)17(5,6)14(24)20-12-10-8-2/h7-12H2,1-6H3,(H3-,18,19,20,23,24,25)/p+1. The van der Waals surface area contributed by atoms with E-state index in [9.17, 15) is 14.4 Å². The van der Waals surface area contributed by atoms with Gasteiger partial charge in [-0.2, -0.15) is 4.79 Å². The Labute approximate surface area is 150 Å². The number of azo groups is 2. The highest BCUT2D eigenvalue weighted by Crippen LogP contribution is 2.17. The number of rotatable bonds is 10. The molecule has 0 radical (unpaired) electrons. The van der Waals surface area contributed by atoms with Crippen LogP contribution in [0.5, 0.6) is 0 Å². The maximum atomic E-state index is 12.4. The molecule has 0 spiro atoms. The maximum absolute atomic E-state index is 12.4. The number of carbonyl (C=O) groups excluding carboxylic acids is 3. The van der Waals surface area contributed by atoms with Gasteiger partial charge in [-0.05, 0) is 40.5 Å². The molecule has 0 atom stereocenters. The molecule has 0 saturated carbocycles. The lowest BCUT2D eigenvalue weighted by molar-refractivity contribution is -0.562. The lowest BCUT2D eigenvalue weighted by atomic mass is 10.0. The second-order valence-electron chi connectivity index (χ2n) is 7.09. The van der Waals surface area contributed by atoms with E-state index >= 15 is 0 Å². The van der Waals surface area contributed by atoms with Crippen molar-refractivity contribution < 1.29 is 19.1 Å². The Morgan fingerprint density at radius 3 is 1.76 bits per heavy atom. The van der Waals surface area contributed by atoms with Gasteiger partial charge < -0.3 is 10.6 Å². The summed E-state index contributed by atoms with van der Waals surface area (Å²) in [5, 5.41) is 9.74. The minimum Gasteiger partial charge on any atom is -0.354 e. The third kappa shape index (κ3) is 7.19. The molecule has 0 aromatic rings. The number of urea groups is 1. The summed E-state index contributed by atoms with van der Waals surface area (Å²) >= 11 is 0. The minimum atomic E-state index is -1.31. The largest absolute Gasteiger partial charge is 0.510 e. The number of nitrogens with two attached hydrogens (primary N) is 1. The van der Waals surface area contributed by atoms with Gasteiger partial charge in [-0.15, -0.1) is 5.11 Å². The van der Waals surface area contributed by atoms with E-state index in [2.05, 4.69) is 15.7 Å². The number of hydrogen-bond donors (Lipinski definition) is 3. The maximum Gasteiger partial charge on any atom is 0.510 e. The van der Waals surface area contributed by atoms with Crippen molar-refractivity contribution in [3.05, 3.63) is 0 Å². The Bertz CT molecular complexity index is 512. The third-order valence-electron chi connectivity index (χ3n) is 3.83. The van der Waals surface area contributed by atoms with Crippen molar-refractivity contribution in [1.82, 2.24) is 10.6 Å². The van der Waals surface area contributed by atoms with Crippen LogP contribution in [0.1, 0.15) is 67.2 Å². The van der Waals surface area contributed by atoms with Crippen LogP contribution in [-0.2, 0) is 9.59 Å². The number of primary amides is 1. The fourth-order valence-corrected chi connectivity index (χ4v) is 2.03. The van der Waals surface area contributed by atoms with Crippen LogP contribution >= 0.6 is 0 Å². The van der Waals surface area contributed by atoms with Crippen LogP contribution in [0.4, 0.5) is 4.79 Å². The molecular weight excluding hydrogens is 322 g/mol. The second kappa shape index (κ2) is 10.1. The topological polar surface area (TPSA) is 117 Å². The Kier molecular flexibility index (Phi) is 9.30. The van der Waals surface area contributed by atoms with E-state index in [0.717, 1.165) is 30.4 Å². The van der Waals surface area contributed by atoms with Crippen LogP contribution in [0.15, 0.2) is 5.11 Å². The Hall–Kier alpha value is -1.99. The van der Waals surface area contributed by atoms with Crippen LogP contribution in [-0.4, -0.2) is 46.7 Å². The van der Waals surface area contributed by atoms with Crippen molar-refractivity contribution >= 4 is 17.8 Å². The van der Waals surface area contributed by atoms with E-state index in [4.69, 9.17) is 5.73 Å². The van der Waals surface area contributed by atoms with E-state index in [-0.39, 0.29) is 11.8 Å². The summed E-state index contributed by atoms with van der Waals surface area (Å²) in [6, 6.07) is -0.884. The molecule has 144 valence electrons. The zero-order chi connectivity index (χ0) is 19.7. The first-order chi connectivity index (χ1) is 11.5. The fraction of sp³-hybridized carbons (Fsp3) is 0.824. The summed E-state index contributed by atoms with van der Waals surface area (Å²) in [7, 11) is 0. The highest BCUT2D eigenvalue weighted by Gasteiger charge is 2.43. The average molecular weight is 356 g/mol. The molecule has 0 rings (SSSR count). The van der Waals surface area contributed by atoms with Gasteiger partial charge in [-0.3, -0.25) is 9.59 Å². The molecule has 0 saturated heterocycles. The minimum absolute atomic E-state index is 0.325. The number of hydrogen-bond acceptors (Lipinski definition) is 4. The average Bonchev–Trinajstić information content (AvgIpc) is 2.52. The van der Waals surface area contributed by atoms with Crippen molar-refractivity contribution in [2.24, 2.45) is 10.8 Å². The first-order valence-corrected chi connectivity index (χ1v) is 8.89. The molecule has 4 N–H and O–H groups in total. The highest BCUT2D eigenvalue weighted by atomic mass is 16.2. The zero-order valence-corrected chi connectivity index (χ0v) is 16.4. The smallest absolute Gasteiger partial charge is 0.354 e. The van der Waals surface area contributed by atoms with E-state index in [1.54, 1.807) is 27.7 Å². The van der Waals surface area contributed by atoms with E-state index in [1.807, 2.05) is 13.8 Å². The lowest BCUT2D eigenvalue weighted by Gasteiger charge is -2.24. The van der Waals surface area contributed by atoms with Crippen LogP contribution < -0.4 is 16.4 Å². The van der Waals surface area contributed by atoms with E-state index < -0.39 is 17.1 Å². The molecule has 0 aromatic carbocycles. The summed E-state index contributed by atoms with van der Waals surface area (Å²) in [6.45, 7) is 11.3. The summed E-state index contributed by atoms with van der Waals surface area (Å²) in [6.07, 6.45) is 3.58. The van der Waals surface area contributed by atoms with Gasteiger partial charge in [-0.1, -0.05) is 31.4 Å². The van der Waals surface area contributed by atoms with Crippen molar-refractivity contribution in [3.8, 4) is 0 Å². The lowest BCUT2D eigenvalue weighted by Crippen LogP contribution is -2.55. The first-order valence-electron chi connectivity index (χ1n) is 8.89. The van der Waals surface area contributed by atoms with Crippen LogP contribution in [0.3, 0.4) is 0 Å². The number of unbranched alkanes of at least 4 members (excludes halogenated alkanes) is 2. The van der Waals surface area contributed by atoms with E-state index in [1.165, 1.54) is 0 Å². The van der Waals surface area contributed by atoms with Crippen molar-refractivity contribution in [2.75, 3.05) is 13.1 Å². The van der Waals surface area contributed by atoms with Crippen molar-refractivity contribution in [2.45, 2.75) is 78.3 Å². The van der Waals surface area contributed by atoms with Gasteiger partial charge in [0, 0.05) is 13.1 Å². The van der Waals surface area contributed by atoms with Crippen molar-refractivity contribution in [3.63, 3.8) is 0 Å². The molecule has 8 heteroatoms. The van der Waals surface area contributed by atoms with Crippen LogP contribution in [0.2, 0.25) is 0 Å². The molecule has 0 aliphatic rings. The van der Waals surface area contributed by atoms with Crippen LogP contribution in [0, 0.1) is 0 Å². The van der Waals surface area contributed by atoms with Crippen LogP contribution in [0.25, 0.3) is 0 Å². The molecule has 4 amide bonds. The number of amides is 4. The molecule has 0 bridgehead atoms. The second-order valence-corrected chi connectivity index (χ2v) is 7.09. The van der Waals surface area contributed by atoms with Gasteiger partial charge in [0.25, 0.3) is 11.8 Å². The number of carbonyl (C=O) groups is 3.